The highest BCUT2D eigenvalue weighted by Gasteiger charge is 2.31. The van der Waals surface area contributed by atoms with Crippen molar-refractivity contribution < 1.29 is 18.1 Å². The molecule has 188 valence electrons. The third kappa shape index (κ3) is 4.77. The molecule has 3 heterocycles. The van der Waals surface area contributed by atoms with E-state index in [1.807, 2.05) is 30.3 Å². The number of sulfonamides is 1. The summed E-state index contributed by atoms with van der Waals surface area (Å²) in [5.74, 6) is -0.363. The Kier molecular flexibility index (Phi) is 6.27. The van der Waals surface area contributed by atoms with Gasteiger partial charge in [-0.1, -0.05) is 65.9 Å². The average Bonchev–Trinajstić information content (AvgIpc) is 3.53. The number of rotatable bonds is 6. The molecule has 0 spiro atoms. The monoisotopic (exact) mass is 531 g/mol. The summed E-state index contributed by atoms with van der Waals surface area (Å²) in [6, 6.07) is 24.2. The minimum absolute atomic E-state index is 0.107. The predicted octanol–water partition coefficient (Wildman–Crippen LogP) is 3.29. The van der Waals surface area contributed by atoms with Gasteiger partial charge in [0.15, 0.2) is 5.13 Å². The summed E-state index contributed by atoms with van der Waals surface area (Å²) in [5, 5.41) is 3.45. The molecule has 0 aliphatic carbocycles. The van der Waals surface area contributed by atoms with Crippen molar-refractivity contribution in [1.29, 1.82) is 0 Å². The van der Waals surface area contributed by atoms with Crippen LogP contribution < -0.4 is 14.5 Å². The number of anilines is 2. The molecule has 4 aromatic rings. The van der Waals surface area contributed by atoms with E-state index in [2.05, 4.69) is 34.6 Å². The summed E-state index contributed by atoms with van der Waals surface area (Å²) in [4.78, 5) is 20.5. The van der Waals surface area contributed by atoms with Crippen LogP contribution >= 0.6 is 11.3 Å². The van der Waals surface area contributed by atoms with Crippen LogP contribution in [0.2, 0.25) is 0 Å². The van der Waals surface area contributed by atoms with Crippen molar-refractivity contribution in [3.05, 3.63) is 106 Å². The maximum absolute atomic E-state index is 13.4. The molecular weight excluding hydrogens is 504 g/mol. The molecule has 1 atom stereocenters. The lowest BCUT2D eigenvalue weighted by molar-refractivity contribution is -0.929. The van der Waals surface area contributed by atoms with E-state index in [0.717, 1.165) is 37.3 Å². The summed E-state index contributed by atoms with van der Waals surface area (Å²) in [6.45, 7) is 3.23. The third-order valence-electron chi connectivity index (χ3n) is 6.95. The fraction of sp³-hybridized carbons (Fsp3) is 0.214. The minimum Gasteiger partial charge on any atom is -0.326 e. The molecule has 2 aliphatic heterocycles. The van der Waals surface area contributed by atoms with Gasteiger partial charge in [-0.15, -0.1) is 0 Å². The lowest BCUT2D eigenvalue weighted by atomic mass is 10.1. The number of carbonyl (C=O) groups excluding carboxylic acids is 1. The maximum atomic E-state index is 13.4. The third-order valence-corrected chi connectivity index (χ3v) is 9.77. The average molecular weight is 532 g/mol. The van der Waals surface area contributed by atoms with Gasteiger partial charge in [0, 0.05) is 24.1 Å². The molecule has 2 N–H and O–H groups in total. The topological polar surface area (TPSA) is 83.8 Å². The fourth-order valence-corrected chi connectivity index (χ4v) is 7.69. The molecule has 0 saturated heterocycles. The van der Waals surface area contributed by atoms with Gasteiger partial charge in [-0.2, -0.15) is 0 Å². The van der Waals surface area contributed by atoms with Crippen LogP contribution in [0.3, 0.4) is 0 Å². The zero-order valence-electron chi connectivity index (χ0n) is 20.2. The summed E-state index contributed by atoms with van der Waals surface area (Å²) in [6.07, 6.45) is 1.55. The van der Waals surface area contributed by atoms with Crippen LogP contribution in [0.5, 0.6) is 0 Å². The van der Waals surface area contributed by atoms with Crippen LogP contribution in [-0.2, 0) is 36.0 Å². The molecule has 7 nitrogen and oxygen atoms in total. The van der Waals surface area contributed by atoms with E-state index >= 15 is 0 Å². The number of quaternary nitrogens is 1. The summed E-state index contributed by atoms with van der Waals surface area (Å²) >= 11 is 1.50. The van der Waals surface area contributed by atoms with Crippen molar-refractivity contribution in [3.63, 3.8) is 0 Å². The van der Waals surface area contributed by atoms with Gasteiger partial charge in [-0.25, -0.2) is 13.4 Å². The number of fused-ring (bicyclic) bond motifs is 2. The van der Waals surface area contributed by atoms with Crippen molar-refractivity contribution in [1.82, 2.24) is 4.98 Å². The lowest BCUT2D eigenvalue weighted by Gasteiger charge is -2.22. The van der Waals surface area contributed by atoms with Crippen molar-refractivity contribution in [2.24, 2.45) is 0 Å². The van der Waals surface area contributed by atoms with E-state index in [0.29, 0.717) is 23.8 Å². The first-order valence-corrected chi connectivity index (χ1v) is 14.6. The minimum atomic E-state index is -3.78. The van der Waals surface area contributed by atoms with Crippen LogP contribution in [0, 0.1) is 0 Å². The van der Waals surface area contributed by atoms with E-state index in [9.17, 15) is 13.2 Å². The smallest absolute Gasteiger partial charge is 0.264 e. The van der Waals surface area contributed by atoms with Crippen molar-refractivity contribution >= 4 is 38.1 Å². The zero-order valence-corrected chi connectivity index (χ0v) is 21.8. The molecule has 1 amide bonds. The molecule has 2 aliphatic rings. The summed E-state index contributed by atoms with van der Waals surface area (Å²) in [5.41, 5.74) is 4.36. The summed E-state index contributed by atoms with van der Waals surface area (Å²) in [7, 11) is -3.78. The Labute approximate surface area is 220 Å². The quantitative estimate of drug-likeness (QED) is 0.400. The molecule has 9 heteroatoms. The highest BCUT2D eigenvalue weighted by atomic mass is 32.2. The Morgan fingerprint density at radius 1 is 1.00 bits per heavy atom. The Bertz CT molecular complexity index is 1570. The first-order chi connectivity index (χ1) is 18.0. The number of thiazole rings is 1. The molecular formula is C28H27N4O3S2+. The zero-order chi connectivity index (χ0) is 25.4. The van der Waals surface area contributed by atoms with Crippen LogP contribution in [0.1, 0.15) is 32.1 Å². The number of para-hydroxylation sites is 1. The molecule has 3 aromatic carbocycles. The molecule has 0 fully saturated rings. The Balaban J connectivity index is 1.16. The molecule has 6 rings (SSSR count). The molecule has 0 bridgehead atoms. The van der Waals surface area contributed by atoms with Crippen molar-refractivity contribution in [2.75, 3.05) is 22.7 Å². The van der Waals surface area contributed by atoms with Crippen molar-refractivity contribution in [2.45, 2.75) is 30.8 Å². The van der Waals surface area contributed by atoms with E-state index in [-0.39, 0.29) is 16.4 Å². The number of hydrogen-bond acceptors (Lipinski definition) is 5. The number of benzene rings is 3. The number of carbonyl (C=O) groups is 1. The largest absolute Gasteiger partial charge is 0.326 e. The SMILES string of the molecule is O=C(Nc1nc2c(s1)C[NH+](Cc1ccccc1)CC2)c1cccc(S(=O)(=O)N2CCc3ccccc32)c1. The first-order valence-electron chi connectivity index (χ1n) is 12.4. The van der Waals surface area contributed by atoms with Gasteiger partial charge < -0.3 is 4.90 Å². The normalized spacial score (nSPS) is 16.8. The number of nitrogens with one attached hydrogen (secondary N) is 2. The summed E-state index contributed by atoms with van der Waals surface area (Å²) < 4.78 is 28.2. The first kappa shape index (κ1) is 23.8. The second-order valence-corrected chi connectivity index (χ2v) is 12.4. The van der Waals surface area contributed by atoms with Crippen LogP contribution in [0.25, 0.3) is 0 Å². The van der Waals surface area contributed by atoms with Gasteiger partial charge in [0.1, 0.15) is 13.1 Å². The second-order valence-electron chi connectivity index (χ2n) is 9.42. The van der Waals surface area contributed by atoms with E-state index in [4.69, 9.17) is 0 Å². The molecule has 37 heavy (non-hydrogen) atoms. The molecule has 1 aromatic heterocycles. The Morgan fingerprint density at radius 2 is 1.81 bits per heavy atom. The molecule has 0 radical (unpaired) electrons. The van der Waals surface area contributed by atoms with Gasteiger partial charge in [-0.05, 0) is 36.2 Å². The number of amides is 1. The van der Waals surface area contributed by atoms with Gasteiger partial charge in [0.05, 0.1) is 27.7 Å². The van der Waals surface area contributed by atoms with Crippen LogP contribution in [-0.4, -0.2) is 32.4 Å². The van der Waals surface area contributed by atoms with Crippen LogP contribution in [0.4, 0.5) is 10.8 Å². The molecule has 0 saturated carbocycles. The van der Waals surface area contributed by atoms with Crippen molar-refractivity contribution in [3.8, 4) is 0 Å². The highest BCUT2D eigenvalue weighted by molar-refractivity contribution is 7.92. The second kappa shape index (κ2) is 9.74. The highest BCUT2D eigenvalue weighted by Crippen LogP contribution is 2.33. The number of hydrogen-bond donors (Lipinski definition) is 2. The van der Waals surface area contributed by atoms with E-state index < -0.39 is 10.0 Å². The van der Waals surface area contributed by atoms with Crippen LogP contribution in [0.15, 0.2) is 83.8 Å². The number of aromatic nitrogens is 1. The van der Waals surface area contributed by atoms with E-state index in [1.54, 1.807) is 18.2 Å². The molecule has 1 unspecified atom stereocenters. The number of nitrogens with zero attached hydrogens (tertiary/aromatic N) is 2. The predicted molar refractivity (Wildman–Crippen MR) is 145 cm³/mol. The standard InChI is InChI=1S/C28H26N4O3S2/c33-27(30-28-29-24-14-15-31(19-26(24)36-28)18-20-7-2-1-3-8-20)22-10-6-11-23(17-22)37(34,35)32-16-13-21-9-4-5-12-25(21)32/h1-12,17H,13-16,18-19H2,(H,29,30,33)/p+1. The Hall–Kier alpha value is -3.53. The fourth-order valence-electron chi connectivity index (χ4n) is 5.07. The van der Waals surface area contributed by atoms with Gasteiger partial charge in [0.2, 0.25) is 0 Å². The van der Waals surface area contributed by atoms with Gasteiger partial charge in [-0.3, -0.25) is 14.4 Å². The van der Waals surface area contributed by atoms with E-state index in [1.165, 1.54) is 37.0 Å². The Morgan fingerprint density at radius 3 is 2.68 bits per heavy atom. The maximum Gasteiger partial charge on any atom is 0.264 e. The lowest BCUT2D eigenvalue weighted by Crippen LogP contribution is -3.10. The van der Waals surface area contributed by atoms with Gasteiger partial charge >= 0.3 is 0 Å². The van der Waals surface area contributed by atoms with Gasteiger partial charge in [0.25, 0.3) is 15.9 Å².